The van der Waals surface area contributed by atoms with Crippen LogP contribution in [0.4, 0.5) is 0 Å². The zero-order chi connectivity index (χ0) is 15.4. The van der Waals surface area contributed by atoms with Gasteiger partial charge in [-0.2, -0.15) is 0 Å². The molecule has 0 radical (unpaired) electrons. The summed E-state index contributed by atoms with van der Waals surface area (Å²) in [6.07, 6.45) is 13.7. The number of aromatic nitrogens is 2. The van der Waals surface area contributed by atoms with E-state index in [2.05, 4.69) is 17.2 Å². The second kappa shape index (κ2) is 5.08. The van der Waals surface area contributed by atoms with Crippen LogP contribution in [0.2, 0.25) is 0 Å². The Bertz CT molecular complexity index is 762. The summed E-state index contributed by atoms with van der Waals surface area (Å²) in [7, 11) is 0. The molecule has 120 valence electrons. The van der Waals surface area contributed by atoms with Gasteiger partial charge >= 0.3 is 5.97 Å². The van der Waals surface area contributed by atoms with E-state index in [0.717, 1.165) is 23.4 Å². The molecule has 4 heteroatoms. The maximum absolute atomic E-state index is 12.6. The topological polar surface area (TPSA) is 43.6 Å². The molecule has 23 heavy (non-hydrogen) atoms. The van der Waals surface area contributed by atoms with Crippen LogP contribution in [0.15, 0.2) is 24.8 Å². The summed E-state index contributed by atoms with van der Waals surface area (Å²) in [5.74, 6) is 2.00. The molecule has 2 aromatic rings. The summed E-state index contributed by atoms with van der Waals surface area (Å²) in [6, 6.07) is 2.16. The lowest BCUT2D eigenvalue weighted by Gasteiger charge is -2.22. The van der Waals surface area contributed by atoms with Crippen LogP contribution in [0.1, 0.15) is 55.6 Å². The molecule has 4 nitrogen and oxygen atoms in total. The first-order valence-electron chi connectivity index (χ1n) is 8.91. The van der Waals surface area contributed by atoms with E-state index >= 15 is 0 Å². The third-order valence-electron chi connectivity index (χ3n) is 6.03. The van der Waals surface area contributed by atoms with Crippen LogP contribution < -0.4 is 0 Å². The van der Waals surface area contributed by atoms with Gasteiger partial charge in [-0.3, -0.25) is 4.79 Å². The van der Waals surface area contributed by atoms with E-state index in [1.807, 2.05) is 10.6 Å². The highest BCUT2D eigenvalue weighted by molar-refractivity contribution is 5.77. The Morgan fingerprint density at radius 1 is 1.26 bits per heavy atom. The van der Waals surface area contributed by atoms with E-state index < -0.39 is 0 Å². The molecule has 3 aliphatic rings. The highest BCUT2D eigenvalue weighted by Gasteiger charge is 2.41. The van der Waals surface area contributed by atoms with Gasteiger partial charge in [0.1, 0.15) is 6.10 Å². The lowest BCUT2D eigenvalue weighted by atomic mass is 9.97. The molecule has 0 amide bonds. The quantitative estimate of drug-likeness (QED) is 0.812. The summed E-state index contributed by atoms with van der Waals surface area (Å²) in [5, 5.41) is 0. The van der Waals surface area contributed by atoms with Gasteiger partial charge in [0.15, 0.2) is 0 Å². The third kappa shape index (κ3) is 2.35. The monoisotopic (exact) mass is 310 g/mol. The number of ether oxygens (including phenoxy) is 1. The number of nitrogens with zero attached hydrogens (tertiary/aromatic N) is 2. The van der Waals surface area contributed by atoms with E-state index in [1.165, 1.54) is 37.7 Å². The van der Waals surface area contributed by atoms with Crippen molar-refractivity contribution in [3.63, 3.8) is 0 Å². The first kappa shape index (κ1) is 13.6. The van der Waals surface area contributed by atoms with Crippen LogP contribution in [-0.4, -0.2) is 21.5 Å². The van der Waals surface area contributed by atoms with Crippen LogP contribution in [-0.2, 0) is 16.0 Å². The van der Waals surface area contributed by atoms with Crippen molar-refractivity contribution in [2.24, 2.45) is 11.8 Å². The average Bonchev–Trinajstić information content (AvgIpc) is 2.97. The average molecular weight is 310 g/mol. The smallest absolute Gasteiger partial charge is 0.310 e. The van der Waals surface area contributed by atoms with Gasteiger partial charge < -0.3 is 9.14 Å². The summed E-state index contributed by atoms with van der Waals surface area (Å²) in [6.45, 7) is 0. The molecule has 0 N–H and O–H groups in total. The van der Waals surface area contributed by atoms with Gasteiger partial charge in [0.2, 0.25) is 0 Å². The van der Waals surface area contributed by atoms with Gasteiger partial charge in [-0.1, -0.05) is 0 Å². The van der Waals surface area contributed by atoms with Gasteiger partial charge in [-0.05, 0) is 73.5 Å². The van der Waals surface area contributed by atoms with Crippen LogP contribution in [0, 0.1) is 11.8 Å². The van der Waals surface area contributed by atoms with Gasteiger partial charge in [-0.25, -0.2) is 4.98 Å². The number of carbonyl (C=O) groups excluding carboxylic acids is 1. The number of rotatable bonds is 4. The maximum atomic E-state index is 12.6. The van der Waals surface area contributed by atoms with E-state index in [-0.39, 0.29) is 12.1 Å². The minimum absolute atomic E-state index is 0.0567. The molecule has 0 aromatic carbocycles. The van der Waals surface area contributed by atoms with Crippen molar-refractivity contribution in [3.05, 3.63) is 35.9 Å². The lowest BCUT2D eigenvalue weighted by Crippen LogP contribution is -2.25. The molecular formula is C19H22N2O2. The molecular weight excluding hydrogens is 288 g/mol. The SMILES string of the molecule is O=C(Cc1c(C2CC2)ccn2cncc12)OC1CC2CCC1C2. The molecule has 2 heterocycles. The Labute approximate surface area is 135 Å². The summed E-state index contributed by atoms with van der Waals surface area (Å²) in [5.41, 5.74) is 3.50. The largest absolute Gasteiger partial charge is 0.462 e. The fourth-order valence-electron chi connectivity index (χ4n) is 4.72. The lowest BCUT2D eigenvalue weighted by molar-refractivity contribution is -0.150. The summed E-state index contributed by atoms with van der Waals surface area (Å²) in [4.78, 5) is 16.8. The van der Waals surface area contributed by atoms with E-state index in [4.69, 9.17) is 4.74 Å². The third-order valence-corrected chi connectivity index (χ3v) is 6.03. The highest BCUT2D eigenvalue weighted by atomic mass is 16.5. The molecule has 3 aliphatic carbocycles. The van der Waals surface area contributed by atoms with Crippen molar-refractivity contribution >= 4 is 11.5 Å². The molecule has 2 bridgehead atoms. The van der Waals surface area contributed by atoms with Crippen LogP contribution >= 0.6 is 0 Å². The van der Waals surface area contributed by atoms with Crippen molar-refractivity contribution in [3.8, 4) is 0 Å². The maximum Gasteiger partial charge on any atom is 0.310 e. The Kier molecular flexibility index (Phi) is 3.00. The van der Waals surface area contributed by atoms with Gasteiger partial charge in [0, 0.05) is 6.20 Å². The standard InChI is InChI=1S/C19H22N2O2/c22-19(23-18-8-12-1-2-14(18)7-12)9-16-15(13-3-4-13)5-6-21-11-20-10-17(16)21/h5-6,10-14,18H,1-4,7-9H2. The van der Waals surface area contributed by atoms with Crippen LogP contribution in [0.5, 0.6) is 0 Å². The van der Waals surface area contributed by atoms with Gasteiger partial charge in [-0.15, -0.1) is 0 Å². The minimum atomic E-state index is -0.0567. The van der Waals surface area contributed by atoms with Crippen molar-refractivity contribution in [1.29, 1.82) is 0 Å². The predicted molar refractivity (Wildman–Crippen MR) is 86.2 cm³/mol. The molecule has 3 saturated carbocycles. The Balaban J connectivity index is 1.38. The zero-order valence-electron chi connectivity index (χ0n) is 13.3. The highest BCUT2D eigenvalue weighted by Crippen LogP contribution is 2.46. The number of hydrogen-bond acceptors (Lipinski definition) is 3. The Morgan fingerprint density at radius 2 is 2.17 bits per heavy atom. The number of imidazole rings is 1. The van der Waals surface area contributed by atoms with Gasteiger partial charge in [0.25, 0.3) is 0 Å². The number of pyridine rings is 1. The van der Waals surface area contributed by atoms with E-state index in [1.54, 1.807) is 6.33 Å². The first-order valence-corrected chi connectivity index (χ1v) is 8.91. The molecule has 3 unspecified atom stereocenters. The summed E-state index contributed by atoms with van der Waals surface area (Å²) >= 11 is 0. The van der Waals surface area contributed by atoms with Gasteiger partial charge in [0.05, 0.1) is 24.5 Å². The normalized spacial score (nSPS) is 29.3. The minimum Gasteiger partial charge on any atom is -0.462 e. The second-order valence-corrected chi connectivity index (χ2v) is 7.59. The van der Waals surface area contributed by atoms with Crippen LogP contribution in [0.25, 0.3) is 5.52 Å². The van der Waals surface area contributed by atoms with Crippen molar-refractivity contribution in [1.82, 2.24) is 9.38 Å². The molecule has 0 spiro atoms. The Hall–Kier alpha value is -1.84. The summed E-state index contributed by atoms with van der Waals surface area (Å²) < 4.78 is 7.87. The number of hydrogen-bond donors (Lipinski definition) is 0. The number of fused-ring (bicyclic) bond motifs is 3. The fourth-order valence-corrected chi connectivity index (χ4v) is 4.72. The number of carbonyl (C=O) groups is 1. The van der Waals surface area contributed by atoms with Crippen molar-refractivity contribution in [2.75, 3.05) is 0 Å². The van der Waals surface area contributed by atoms with E-state index in [9.17, 15) is 4.79 Å². The van der Waals surface area contributed by atoms with Crippen LogP contribution in [0.3, 0.4) is 0 Å². The predicted octanol–water partition coefficient (Wildman–Crippen LogP) is 3.49. The molecule has 3 fully saturated rings. The van der Waals surface area contributed by atoms with Crippen molar-refractivity contribution < 1.29 is 9.53 Å². The number of esters is 1. The molecule has 0 aliphatic heterocycles. The molecule has 2 aromatic heterocycles. The second-order valence-electron chi connectivity index (χ2n) is 7.59. The zero-order valence-corrected chi connectivity index (χ0v) is 13.3. The fraction of sp³-hybridized carbons (Fsp3) is 0.579. The Morgan fingerprint density at radius 3 is 2.91 bits per heavy atom. The van der Waals surface area contributed by atoms with E-state index in [0.29, 0.717) is 18.3 Å². The van der Waals surface area contributed by atoms with Crippen molar-refractivity contribution in [2.45, 2.75) is 57.0 Å². The molecule has 0 saturated heterocycles. The molecule has 5 rings (SSSR count). The molecule has 3 atom stereocenters. The first-order chi connectivity index (χ1) is 11.3.